The molecule has 0 N–H and O–H groups in total. The van der Waals surface area contributed by atoms with Crippen LogP contribution >= 0.6 is 0 Å². The zero-order chi connectivity index (χ0) is 23.2. The summed E-state index contributed by atoms with van der Waals surface area (Å²) >= 11 is 0. The number of ether oxygens (including phenoxy) is 1. The van der Waals surface area contributed by atoms with E-state index in [0.29, 0.717) is 48.4 Å². The molecule has 0 unspecified atom stereocenters. The number of rotatable bonds is 4. The normalized spacial score (nSPS) is 19.6. The molecular formula is C23H20F4N4O2. The molecule has 2 fully saturated rings. The van der Waals surface area contributed by atoms with Gasteiger partial charge >= 0.3 is 6.18 Å². The van der Waals surface area contributed by atoms with Crippen molar-refractivity contribution in [2.75, 3.05) is 26.2 Å². The first-order valence-corrected chi connectivity index (χ1v) is 10.6. The number of hydrogen-bond donors (Lipinski definition) is 0. The van der Waals surface area contributed by atoms with Crippen molar-refractivity contribution in [2.45, 2.75) is 24.8 Å². The van der Waals surface area contributed by atoms with Crippen LogP contribution < -0.4 is 4.74 Å². The van der Waals surface area contributed by atoms with Crippen LogP contribution in [0.2, 0.25) is 0 Å². The number of amides is 1. The van der Waals surface area contributed by atoms with Gasteiger partial charge < -0.3 is 9.64 Å². The van der Waals surface area contributed by atoms with Gasteiger partial charge in [-0.15, -0.1) is 0 Å². The fraction of sp³-hybridized carbons (Fsp3) is 0.348. The predicted octanol–water partition coefficient (Wildman–Crippen LogP) is 4.31. The number of likely N-dealkylation sites (tertiary alicyclic amines) is 2. The lowest BCUT2D eigenvalue weighted by molar-refractivity contribution is -0.137. The van der Waals surface area contributed by atoms with Crippen LogP contribution in [0.5, 0.6) is 11.6 Å². The van der Waals surface area contributed by atoms with E-state index in [1.807, 2.05) is 0 Å². The van der Waals surface area contributed by atoms with Crippen LogP contribution in [0.25, 0.3) is 10.9 Å². The van der Waals surface area contributed by atoms with E-state index in [2.05, 4.69) is 14.9 Å². The molecule has 2 saturated heterocycles. The van der Waals surface area contributed by atoms with Crippen molar-refractivity contribution in [3.05, 3.63) is 59.9 Å². The molecule has 1 aromatic carbocycles. The van der Waals surface area contributed by atoms with Crippen molar-refractivity contribution in [1.29, 1.82) is 0 Å². The fourth-order valence-corrected chi connectivity index (χ4v) is 4.10. The van der Waals surface area contributed by atoms with Crippen LogP contribution in [0.15, 0.2) is 48.7 Å². The van der Waals surface area contributed by atoms with Crippen molar-refractivity contribution in [3.63, 3.8) is 0 Å². The number of benzene rings is 1. The maximum atomic E-state index is 13.4. The van der Waals surface area contributed by atoms with E-state index < -0.39 is 17.9 Å². The van der Waals surface area contributed by atoms with E-state index in [1.165, 1.54) is 0 Å². The van der Waals surface area contributed by atoms with Crippen LogP contribution in [-0.4, -0.2) is 64.1 Å². The third-order valence-corrected chi connectivity index (χ3v) is 5.99. The number of halogens is 4. The summed E-state index contributed by atoms with van der Waals surface area (Å²) in [6.45, 7) is 2.30. The van der Waals surface area contributed by atoms with E-state index in [4.69, 9.17) is 4.74 Å². The highest BCUT2D eigenvalue weighted by atomic mass is 19.4. The zero-order valence-electron chi connectivity index (χ0n) is 17.4. The van der Waals surface area contributed by atoms with Crippen LogP contribution in [0.1, 0.15) is 22.5 Å². The van der Waals surface area contributed by atoms with Crippen LogP contribution in [0.3, 0.4) is 0 Å². The second kappa shape index (κ2) is 8.26. The first kappa shape index (κ1) is 21.6. The van der Waals surface area contributed by atoms with Gasteiger partial charge in [0.15, 0.2) is 0 Å². The van der Waals surface area contributed by atoms with Gasteiger partial charge in [0.25, 0.3) is 5.91 Å². The minimum absolute atomic E-state index is 0.0338. The van der Waals surface area contributed by atoms with E-state index in [1.54, 1.807) is 35.2 Å². The Hall–Kier alpha value is -3.27. The molecule has 2 aliphatic heterocycles. The van der Waals surface area contributed by atoms with Crippen molar-refractivity contribution < 1.29 is 27.1 Å². The van der Waals surface area contributed by atoms with Crippen LogP contribution in [0.4, 0.5) is 17.6 Å². The van der Waals surface area contributed by atoms with Gasteiger partial charge in [0.05, 0.1) is 11.1 Å². The lowest BCUT2D eigenvalue weighted by Gasteiger charge is -2.43. The minimum Gasteiger partial charge on any atom is -0.439 e. The molecule has 3 aromatic rings. The summed E-state index contributed by atoms with van der Waals surface area (Å²) in [5.41, 5.74) is 0.0598. The Kier molecular flexibility index (Phi) is 5.40. The highest BCUT2D eigenvalue weighted by molar-refractivity contribution is 5.95. The van der Waals surface area contributed by atoms with Gasteiger partial charge in [-0.2, -0.15) is 13.2 Å². The third-order valence-electron chi connectivity index (χ3n) is 5.99. The fourth-order valence-electron chi connectivity index (χ4n) is 4.10. The lowest BCUT2D eigenvalue weighted by atomic mass is 10.1. The van der Waals surface area contributed by atoms with E-state index in [9.17, 15) is 22.4 Å². The summed E-state index contributed by atoms with van der Waals surface area (Å²) < 4.78 is 56.9. The molecule has 0 aliphatic carbocycles. The molecule has 33 heavy (non-hydrogen) atoms. The number of alkyl halides is 4. The van der Waals surface area contributed by atoms with Gasteiger partial charge in [-0.3, -0.25) is 9.69 Å². The number of carbonyl (C=O) groups is 1. The molecule has 0 bridgehead atoms. The number of nitrogens with zero attached hydrogens (tertiary/aromatic N) is 4. The molecule has 10 heteroatoms. The molecule has 0 saturated carbocycles. The van der Waals surface area contributed by atoms with Crippen LogP contribution in [0, 0.1) is 0 Å². The summed E-state index contributed by atoms with van der Waals surface area (Å²) in [6, 6.07) is 10.6. The van der Waals surface area contributed by atoms with Gasteiger partial charge in [0, 0.05) is 49.9 Å². The highest BCUT2D eigenvalue weighted by Crippen LogP contribution is 2.31. The topological polar surface area (TPSA) is 58.6 Å². The van der Waals surface area contributed by atoms with E-state index in [-0.39, 0.29) is 17.8 Å². The summed E-state index contributed by atoms with van der Waals surface area (Å²) in [4.78, 5) is 24.7. The summed E-state index contributed by atoms with van der Waals surface area (Å²) in [5, 5.41) is 0.712. The van der Waals surface area contributed by atoms with Gasteiger partial charge in [0.1, 0.15) is 17.6 Å². The highest BCUT2D eigenvalue weighted by Gasteiger charge is 2.38. The molecule has 6 nitrogen and oxygen atoms in total. The smallest absolute Gasteiger partial charge is 0.417 e. The molecular weight excluding hydrogens is 440 g/mol. The van der Waals surface area contributed by atoms with Gasteiger partial charge in [-0.25, -0.2) is 14.4 Å². The summed E-state index contributed by atoms with van der Waals surface area (Å²) in [6.07, 6.45) is -3.97. The first-order chi connectivity index (χ1) is 15.8. The Bertz CT molecular complexity index is 1180. The second-order valence-corrected chi connectivity index (χ2v) is 8.28. The third kappa shape index (κ3) is 4.47. The number of aromatic nitrogens is 2. The molecule has 1 atom stereocenters. The lowest BCUT2D eigenvalue weighted by Crippen LogP contribution is -2.60. The molecule has 1 amide bonds. The molecule has 172 valence electrons. The monoisotopic (exact) mass is 460 g/mol. The Balaban J connectivity index is 1.24. The first-order valence-electron chi connectivity index (χ1n) is 10.6. The average molecular weight is 460 g/mol. The standard InChI is InChI=1S/C23H20F4N4O2/c24-16-7-8-30(11-16)17-12-31(13-17)22(32)20-4-1-14-9-18(3-5-19(14)29-20)33-21-6-2-15(10-28-21)23(25,26)27/h1-6,9-10,16-17H,7-8,11-13H2/t16-/m0/s1. The number of carbonyl (C=O) groups excluding carboxylic acids is 1. The number of pyridine rings is 2. The van der Waals surface area contributed by atoms with Crippen molar-refractivity contribution >= 4 is 16.8 Å². The SMILES string of the molecule is O=C(c1ccc2cc(Oc3ccc(C(F)(F)F)cn3)ccc2n1)N1CC(N2CC[C@H](F)C2)C1. The largest absolute Gasteiger partial charge is 0.439 e. The van der Waals surface area contributed by atoms with Gasteiger partial charge in [-0.05, 0) is 36.8 Å². The van der Waals surface area contributed by atoms with Crippen molar-refractivity contribution in [1.82, 2.24) is 19.8 Å². The molecule has 0 radical (unpaired) electrons. The van der Waals surface area contributed by atoms with Crippen LogP contribution in [-0.2, 0) is 6.18 Å². The van der Waals surface area contributed by atoms with E-state index in [0.717, 1.165) is 24.9 Å². The summed E-state index contributed by atoms with van der Waals surface area (Å²) in [5.74, 6) is 0.253. The Morgan fingerprint density at radius 1 is 1.06 bits per heavy atom. The molecule has 2 aliphatic rings. The van der Waals surface area contributed by atoms with Gasteiger partial charge in [-0.1, -0.05) is 6.07 Å². The van der Waals surface area contributed by atoms with Crippen molar-refractivity contribution in [3.8, 4) is 11.6 Å². The van der Waals surface area contributed by atoms with Gasteiger partial charge in [0.2, 0.25) is 5.88 Å². The van der Waals surface area contributed by atoms with E-state index >= 15 is 0 Å². The Morgan fingerprint density at radius 3 is 2.55 bits per heavy atom. The number of hydrogen-bond acceptors (Lipinski definition) is 5. The molecule has 2 aromatic heterocycles. The maximum Gasteiger partial charge on any atom is 0.417 e. The average Bonchev–Trinajstić information content (AvgIpc) is 3.17. The molecule has 0 spiro atoms. The predicted molar refractivity (Wildman–Crippen MR) is 112 cm³/mol. The van der Waals surface area contributed by atoms with Crippen molar-refractivity contribution in [2.24, 2.45) is 0 Å². The second-order valence-electron chi connectivity index (χ2n) is 8.28. The Labute approximate surface area is 186 Å². The molecule has 4 heterocycles. The summed E-state index contributed by atoms with van der Waals surface area (Å²) in [7, 11) is 0. The number of fused-ring (bicyclic) bond motifs is 1. The maximum absolute atomic E-state index is 13.4. The Morgan fingerprint density at radius 2 is 1.88 bits per heavy atom. The molecule has 5 rings (SSSR count). The quantitative estimate of drug-likeness (QED) is 0.543. The zero-order valence-corrected chi connectivity index (χ0v) is 17.4. The minimum atomic E-state index is -4.46.